The molecule has 2 aromatic heterocycles. The van der Waals surface area contributed by atoms with Gasteiger partial charge in [0.25, 0.3) is 5.91 Å². The maximum absolute atomic E-state index is 13.1. The Balaban J connectivity index is 1.50. The van der Waals surface area contributed by atoms with Crippen LogP contribution in [-0.4, -0.2) is 38.4 Å². The number of aryl methyl sites for hydroxylation is 1. The zero-order valence-electron chi connectivity index (χ0n) is 15.6. The number of carbonyl (C=O) groups excluding carboxylic acids is 1. The van der Waals surface area contributed by atoms with Crippen LogP contribution in [-0.2, 0) is 6.54 Å². The molecule has 27 heavy (non-hydrogen) atoms. The van der Waals surface area contributed by atoms with Gasteiger partial charge in [0.05, 0.1) is 6.33 Å². The number of hydrogen-bond donors (Lipinski definition) is 0. The molecule has 3 aromatic rings. The van der Waals surface area contributed by atoms with Crippen molar-refractivity contribution in [3.8, 4) is 11.1 Å². The van der Waals surface area contributed by atoms with Crippen LogP contribution in [0.15, 0.2) is 61.4 Å². The standard InChI is InChI=1S/C22H24N4O/c1-17-13-23-8-7-21(17)19-5-2-6-20(12-19)22(27)26-10-3-4-18(15-26)14-25-11-9-24-16-25/h2,5-9,11-13,16,18H,3-4,10,14-15H2,1H3/t18-/m1/s1. The number of imidazole rings is 1. The maximum atomic E-state index is 13.1. The molecule has 1 saturated heterocycles. The van der Waals surface area contributed by atoms with Crippen LogP contribution < -0.4 is 0 Å². The first-order valence-electron chi connectivity index (χ1n) is 9.47. The summed E-state index contributed by atoms with van der Waals surface area (Å²) in [6.07, 6.45) is 11.5. The number of piperidine rings is 1. The second-order valence-corrected chi connectivity index (χ2v) is 7.29. The Morgan fingerprint density at radius 1 is 1.22 bits per heavy atom. The normalized spacial score (nSPS) is 17.1. The third kappa shape index (κ3) is 3.92. The first-order chi connectivity index (χ1) is 13.2. The third-order valence-corrected chi connectivity index (χ3v) is 5.28. The van der Waals surface area contributed by atoms with Gasteiger partial charge in [-0.15, -0.1) is 0 Å². The lowest BCUT2D eigenvalue weighted by Crippen LogP contribution is -2.41. The molecule has 1 aliphatic rings. The van der Waals surface area contributed by atoms with Gasteiger partial charge in [-0.3, -0.25) is 9.78 Å². The summed E-state index contributed by atoms with van der Waals surface area (Å²) in [5, 5.41) is 0. The molecular weight excluding hydrogens is 336 g/mol. The molecule has 0 saturated carbocycles. The van der Waals surface area contributed by atoms with Gasteiger partial charge in [-0.2, -0.15) is 0 Å². The Labute approximate surface area is 159 Å². The molecule has 138 valence electrons. The minimum Gasteiger partial charge on any atom is -0.338 e. The van der Waals surface area contributed by atoms with E-state index in [2.05, 4.69) is 20.6 Å². The molecule has 0 aliphatic carbocycles. The summed E-state index contributed by atoms with van der Waals surface area (Å²) in [6.45, 7) is 4.59. The first kappa shape index (κ1) is 17.5. The number of hydrogen-bond acceptors (Lipinski definition) is 3. The molecule has 1 atom stereocenters. The number of nitrogens with zero attached hydrogens (tertiary/aromatic N) is 4. The third-order valence-electron chi connectivity index (χ3n) is 5.28. The molecule has 1 aliphatic heterocycles. The quantitative estimate of drug-likeness (QED) is 0.711. The van der Waals surface area contributed by atoms with Crippen molar-refractivity contribution in [1.29, 1.82) is 0 Å². The van der Waals surface area contributed by atoms with Gasteiger partial charge in [0.2, 0.25) is 0 Å². The van der Waals surface area contributed by atoms with Crippen molar-refractivity contribution in [2.75, 3.05) is 13.1 Å². The molecule has 4 rings (SSSR count). The van der Waals surface area contributed by atoms with Crippen molar-refractivity contribution in [3.05, 3.63) is 72.6 Å². The number of likely N-dealkylation sites (tertiary alicyclic amines) is 1. The van der Waals surface area contributed by atoms with Crippen molar-refractivity contribution in [2.24, 2.45) is 5.92 Å². The Morgan fingerprint density at radius 2 is 2.15 bits per heavy atom. The van der Waals surface area contributed by atoms with E-state index in [1.807, 2.05) is 54.8 Å². The average molecular weight is 360 g/mol. The van der Waals surface area contributed by atoms with Crippen molar-refractivity contribution in [1.82, 2.24) is 19.4 Å². The van der Waals surface area contributed by atoms with Gasteiger partial charge >= 0.3 is 0 Å². The van der Waals surface area contributed by atoms with E-state index in [1.54, 1.807) is 12.4 Å². The smallest absolute Gasteiger partial charge is 0.253 e. The van der Waals surface area contributed by atoms with Crippen LogP contribution in [0, 0.1) is 12.8 Å². The second kappa shape index (κ2) is 7.74. The fourth-order valence-corrected chi connectivity index (χ4v) is 3.89. The molecule has 0 unspecified atom stereocenters. The molecule has 0 N–H and O–H groups in total. The van der Waals surface area contributed by atoms with Crippen LogP contribution in [0.1, 0.15) is 28.8 Å². The lowest BCUT2D eigenvalue weighted by atomic mass is 9.96. The maximum Gasteiger partial charge on any atom is 0.253 e. The molecule has 1 aromatic carbocycles. The van der Waals surface area contributed by atoms with E-state index >= 15 is 0 Å². The summed E-state index contributed by atoms with van der Waals surface area (Å²) in [7, 11) is 0. The minimum atomic E-state index is 0.124. The van der Waals surface area contributed by atoms with Crippen LogP contribution in [0.25, 0.3) is 11.1 Å². The summed E-state index contributed by atoms with van der Waals surface area (Å²) in [5.74, 6) is 0.599. The van der Waals surface area contributed by atoms with Gasteiger partial charge in [-0.05, 0) is 60.6 Å². The van der Waals surface area contributed by atoms with Crippen LogP contribution in [0.3, 0.4) is 0 Å². The SMILES string of the molecule is Cc1cnccc1-c1cccc(C(=O)N2CCC[C@H](Cn3ccnc3)C2)c1. The highest BCUT2D eigenvalue weighted by atomic mass is 16.2. The topological polar surface area (TPSA) is 51.0 Å². The number of pyridine rings is 1. The largest absolute Gasteiger partial charge is 0.338 e. The predicted molar refractivity (Wildman–Crippen MR) is 105 cm³/mol. The van der Waals surface area contributed by atoms with Crippen LogP contribution >= 0.6 is 0 Å². The van der Waals surface area contributed by atoms with Gasteiger partial charge < -0.3 is 9.47 Å². The summed E-state index contributed by atoms with van der Waals surface area (Å²) in [4.78, 5) is 23.4. The lowest BCUT2D eigenvalue weighted by Gasteiger charge is -2.33. The number of rotatable bonds is 4. The zero-order valence-corrected chi connectivity index (χ0v) is 15.6. The van der Waals surface area contributed by atoms with Gasteiger partial charge in [0.15, 0.2) is 0 Å². The highest BCUT2D eigenvalue weighted by molar-refractivity contribution is 5.95. The monoisotopic (exact) mass is 360 g/mol. The number of aromatic nitrogens is 3. The van der Waals surface area contributed by atoms with E-state index in [-0.39, 0.29) is 5.91 Å². The summed E-state index contributed by atoms with van der Waals surface area (Å²) in [6, 6.07) is 9.94. The molecule has 1 amide bonds. The van der Waals surface area contributed by atoms with Crippen molar-refractivity contribution >= 4 is 5.91 Å². The molecule has 0 radical (unpaired) electrons. The molecule has 5 heteroatoms. The van der Waals surface area contributed by atoms with Gasteiger partial charge in [0, 0.05) is 50.0 Å². The second-order valence-electron chi connectivity index (χ2n) is 7.29. The fraction of sp³-hybridized carbons (Fsp3) is 0.318. The lowest BCUT2D eigenvalue weighted by molar-refractivity contribution is 0.0662. The summed E-state index contributed by atoms with van der Waals surface area (Å²) < 4.78 is 2.10. The highest BCUT2D eigenvalue weighted by Crippen LogP contribution is 2.25. The van der Waals surface area contributed by atoms with E-state index in [0.29, 0.717) is 5.92 Å². The molecule has 1 fully saturated rings. The average Bonchev–Trinajstić information content (AvgIpc) is 3.21. The van der Waals surface area contributed by atoms with Gasteiger partial charge in [-0.25, -0.2) is 4.98 Å². The van der Waals surface area contributed by atoms with E-state index in [0.717, 1.165) is 54.7 Å². The van der Waals surface area contributed by atoms with Gasteiger partial charge in [-0.1, -0.05) is 12.1 Å². The van der Waals surface area contributed by atoms with Gasteiger partial charge in [0.1, 0.15) is 0 Å². The van der Waals surface area contributed by atoms with E-state index in [9.17, 15) is 4.79 Å². The number of carbonyl (C=O) groups is 1. The molecule has 0 bridgehead atoms. The summed E-state index contributed by atoms with van der Waals surface area (Å²) in [5.41, 5.74) is 4.05. The Morgan fingerprint density at radius 3 is 2.96 bits per heavy atom. The minimum absolute atomic E-state index is 0.124. The zero-order chi connectivity index (χ0) is 18.6. The fourth-order valence-electron chi connectivity index (χ4n) is 3.89. The van der Waals surface area contributed by atoms with Crippen LogP contribution in [0.4, 0.5) is 0 Å². The van der Waals surface area contributed by atoms with Crippen molar-refractivity contribution < 1.29 is 4.79 Å². The highest BCUT2D eigenvalue weighted by Gasteiger charge is 2.25. The molecule has 3 heterocycles. The number of benzene rings is 1. The van der Waals surface area contributed by atoms with E-state index < -0.39 is 0 Å². The molecule has 0 spiro atoms. The van der Waals surface area contributed by atoms with Crippen LogP contribution in [0.5, 0.6) is 0 Å². The Bertz CT molecular complexity index is 920. The first-order valence-corrected chi connectivity index (χ1v) is 9.47. The molecular formula is C22H24N4O. The Hall–Kier alpha value is -2.95. The summed E-state index contributed by atoms with van der Waals surface area (Å²) >= 11 is 0. The Kier molecular flexibility index (Phi) is 5.01. The van der Waals surface area contributed by atoms with Crippen molar-refractivity contribution in [2.45, 2.75) is 26.3 Å². The van der Waals surface area contributed by atoms with E-state index in [4.69, 9.17) is 0 Å². The number of amides is 1. The van der Waals surface area contributed by atoms with E-state index in [1.165, 1.54) is 0 Å². The predicted octanol–water partition coefficient (Wildman–Crippen LogP) is 3.81. The molecule has 5 nitrogen and oxygen atoms in total. The van der Waals surface area contributed by atoms with Crippen molar-refractivity contribution in [3.63, 3.8) is 0 Å². The van der Waals surface area contributed by atoms with Crippen LogP contribution in [0.2, 0.25) is 0 Å².